The van der Waals surface area contributed by atoms with E-state index in [1.54, 1.807) is 0 Å². The zero-order chi connectivity index (χ0) is 13.1. The quantitative estimate of drug-likeness (QED) is 0.627. The molecule has 0 heterocycles. The van der Waals surface area contributed by atoms with E-state index in [2.05, 4.69) is 10.1 Å². The average molecular weight is 249 g/mol. The van der Waals surface area contributed by atoms with Crippen molar-refractivity contribution in [1.29, 1.82) is 0 Å². The molecule has 6 nitrogen and oxygen atoms in total. The van der Waals surface area contributed by atoms with Crippen LogP contribution < -0.4 is 5.32 Å². The van der Waals surface area contributed by atoms with Crippen LogP contribution in [-0.2, 0) is 18.9 Å². The summed E-state index contributed by atoms with van der Waals surface area (Å²) in [4.78, 5) is 10.9. The third-order valence-corrected chi connectivity index (χ3v) is 1.98. The summed E-state index contributed by atoms with van der Waals surface area (Å²) in [6, 6.07) is 0. The number of carbonyl (C=O) groups is 1. The zero-order valence-electron chi connectivity index (χ0n) is 11.1. The van der Waals surface area contributed by atoms with Crippen LogP contribution in [0.2, 0.25) is 0 Å². The van der Waals surface area contributed by atoms with Crippen LogP contribution in [0.25, 0.3) is 0 Å². The van der Waals surface area contributed by atoms with E-state index in [1.165, 1.54) is 7.11 Å². The fourth-order valence-corrected chi connectivity index (χ4v) is 1.39. The first-order valence-corrected chi connectivity index (χ1v) is 5.87. The van der Waals surface area contributed by atoms with Gasteiger partial charge in [-0.1, -0.05) is 0 Å². The molecule has 0 bridgehead atoms. The first kappa shape index (κ1) is 16.1. The van der Waals surface area contributed by atoms with E-state index in [1.807, 2.05) is 20.8 Å². The molecule has 0 rings (SSSR count). The van der Waals surface area contributed by atoms with Gasteiger partial charge < -0.3 is 24.3 Å². The molecule has 0 aliphatic rings. The van der Waals surface area contributed by atoms with Gasteiger partial charge in [0.25, 0.3) is 5.97 Å². The Labute approximate surface area is 103 Å². The third-order valence-electron chi connectivity index (χ3n) is 1.98. The lowest BCUT2D eigenvalue weighted by molar-refractivity contribution is -0.378. The topological polar surface area (TPSA) is 66.0 Å². The van der Waals surface area contributed by atoms with Gasteiger partial charge in [-0.15, -0.1) is 0 Å². The van der Waals surface area contributed by atoms with E-state index in [-0.39, 0.29) is 0 Å². The number of alkyl carbamates (subject to hydrolysis) is 1. The van der Waals surface area contributed by atoms with Crippen LogP contribution in [-0.4, -0.2) is 45.5 Å². The van der Waals surface area contributed by atoms with Crippen LogP contribution in [0, 0.1) is 0 Å². The van der Waals surface area contributed by atoms with Crippen LogP contribution in [0.15, 0.2) is 0 Å². The Balaban J connectivity index is 4.27. The molecule has 0 aromatic heterocycles. The first-order chi connectivity index (χ1) is 8.14. The lowest BCUT2D eigenvalue weighted by Gasteiger charge is -2.32. The van der Waals surface area contributed by atoms with Crippen molar-refractivity contribution in [3.63, 3.8) is 0 Å². The molecule has 0 aliphatic heterocycles. The molecule has 0 spiro atoms. The van der Waals surface area contributed by atoms with Crippen molar-refractivity contribution in [2.45, 2.75) is 33.2 Å². The molecular weight excluding hydrogens is 226 g/mol. The molecule has 0 fully saturated rings. The molecule has 0 unspecified atom stereocenters. The van der Waals surface area contributed by atoms with Crippen molar-refractivity contribution >= 4 is 6.09 Å². The highest BCUT2D eigenvalue weighted by Crippen LogP contribution is 2.19. The molecule has 0 aliphatic carbocycles. The van der Waals surface area contributed by atoms with Crippen molar-refractivity contribution in [2.75, 3.05) is 33.5 Å². The second-order valence-corrected chi connectivity index (χ2v) is 3.15. The molecule has 0 saturated carbocycles. The summed E-state index contributed by atoms with van der Waals surface area (Å²) in [5.41, 5.74) is 0. The number of rotatable bonds is 9. The highest BCUT2D eigenvalue weighted by atomic mass is 16.9. The molecule has 0 aromatic carbocycles. The first-order valence-electron chi connectivity index (χ1n) is 5.87. The van der Waals surface area contributed by atoms with E-state index in [9.17, 15) is 4.79 Å². The summed E-state index contributed by atoms with van der Waals surface area (Å²) in [6.07, 6.45) is -0.0826. The number of nitrogens with one attached hydrogen (secondary N) is 1. The minimum absolute atomic E-state index is 0.354. The molecule has 102 valence electrons. The van der Waals surface area contributed by atoms with Gasteiger partial charge in [0.1, 0.15) is 0 Å². The van der Waals surface area contributed by atoms with Gasteiger partial charge in [0, 0.05) is 32.8 Å². The van der Waals surface area contributed by atoms with Crippen molar-refractivity contribution in [3.8, 4) is 0 Å². The van der Waals surface area contributed by atoms with Crippen molar-refractivity contribution in [1.82, 2.24) is 5.32 Å². The fourth-order valence-electron chi connectivity index (χ4n) is 1.39. The predicted molar refractivity (Wildman–Crippen MR) is 62.6 cm³/mol. The number of methoxy groups -OCH3 is 1. The zero-order valence-corrected chi connectivity index (χ0v) is 11.1. The number of amides is 1. The highest BCUT2D eigenvalue weighted by molar-refractivity contribution is 5.66. The molecule has 0 atom stereocenters. The Hall–Kier alpha value is -0.850. The SMILES string of the molecule is CCOC(CCNC(=O)OC)(OCC)OCC. The Morgan fingerprint density at radius 3 is 1.88 bits per heavy atom. The third kappa shape index (κ3) is 6.45. The van der Waals surface area contributed by atoms with E-state index < -0.39 is 12.1 Å². The van der Waals surface area contributed by atoms with Crippen LogP contribution in [0.1, 0.15) is 27.2 Å². The highest BCUT2D eigenvalue weighted by Gasteiger charge is 2.32. The molecule has 1 amide bonds. The summed E-state index contributed by atoms with van der Waals surface area (Å²) in [5, 5.41) is 2.56. The molecule has 0 saturated heterocycles. The Kier molecular flexibility index (Phi) is 8.75. The van der Waals surface area contributed by atoms with Crippen LogP contribution in [0.4, 0.5) is 4.79 Å². The van der Waals surface area contributed by atoms with Gasteiger partial charge in [-0.05, 0) is 20.8 Å². The maximum atomic E-state index is 10.9. The smallest absolute Gasteiger partial charge is 0.406 e. The van der Waals surface area contributed by atoms with Gasteiger partial charge in [-0.2, -0.15) is 0 Å². The number of ether oxygens (including phenoxy) is 4. The maximum Gasteiger partial charge on any atom is 0.406 e. The van der Waals surface area contributed by atoms with Gasteiger partial charge >= 0.3 is 6.09 Å². The summed E-state index contributed by atoms with van der Waals surface area (Å²) < 4.78 is 20.9. The largest absolute Gasteiger partial charge is 0.453 e. The lowest BCUT2D eigenvalue weighted by Crippen LogP contribution is -2.42. The average Bonchev–Trinajstić information content (AvgIpc) is 2.30. The number of carbonyl (C=O) groups excluding carboxylic acids is 1. The minimum atomic E-state index is -1.08. The van der Waals surface area contributed by atoms with Crippen LogP contribution in [0.5, 0.6) is 0 Å². The van der Waals surface area contributed by atoms with Gasteiger partial charge in [0.2, 0.25) is 0 Å². The van der Waals surface area contributed by atoms with Gasteiger partial charge in [-0.3, -0.25) is 0 Å². The monoisotopic (exact) mass is 249 g/mol. The second-order valence-electron chi connectivity index (χ2n) is 3.15. The maximum absolute atomic E-state index is 10.9. The molecule has 17 heavy (non-hydrogen) atoms. The van der Waals surface area contributed by atoms with E-state index in [0.29, 0.717) is 32.8 Å². The molecule has 0 radical (unpaired) electrons. The van der Waals surface area contributed by atoms with E-state index >= 15 is 0 Å². The van der Waals surface area contributed by atoms with E-state index in [0.717, 1.165) is 0 Å². The van der Waals surface area contributed by atoms with Gasteiger partial charge in [0.15, 0.2) is 0 Å². The van der Waals surface area contributed by atoms with Gasteiger partial charge in [-0.25, -0.2) is 4.79 Å². The number of hydrogen-bond acceptors (Lipinski definition) is 5. The summed E-state index contributed by atoms with van der Waals surface area (Å²) in [7, 11) is 1.32. The minimum Gasteiger partial charge on any atom is -0.453 e. The predicted octanol–water partition coefficient (Wildman–Crippen LogP) is 1.50. The Morgan fingerprint density at radius 1 is 1.06 bits per heavy atom. The van der Waals surface area contributed by atoms with Gasteiger partial charge in [0.05, 0.1) is 7.11 Å². The molecule has 6 heteroatoms. The van der Waals surface area contributed by atoms with E-state index in [4.69, 9.17) is 14.2 Å². The number of hydrogen-bond donors (Lipinski definition) is 1. The Morgan fingerprint density at radius 2 is 1.53 bits per heavy atom. The van der Waals surface area contributed by atoms with Crippen LogP contribution >= 0.6 is 0 Å². The standard InChI is InChI=1S/C11H23NO5/c1-5-15-11(16-6-2,17-7-3)8-9-12-10(13)14-4/h5-9H2,1-4H3,(H,12,13). The lowest BCUT2D eigenvalue weighted by atomic mass is 10.3. The van der Waals surface area contributed by atoms with Crippen molar-refractivity contribution in [3.05, 3.63) is 0 Å². The van der Waals surface area contributed by atoms with Crippen LogP contribution in [0.3, 0.4) is 0 Å². The second kappa shape index (κ2) is 9.21. The molecular formula is C11H23NO5. The van der Waals surface area contributed by atoms with Crippen molar-refractivity contribution < 1.29 is 23.7 Å². The molecule has 0 aromatic rings. The summed E-state index contributed by atoms with van der Waals surface area (Å²) in [5.74, 6) is -1.08. The Bertz CT molecular complexity index is 193. The summed E-state index contributed by atoms with van der Waals surface area (Å²) >= 11 is 0. The normalized spacial score (nSPS) is 11.3. The molecule has 1 N–H and O–H groups in total. The fraction of sp³-hybridized carbons (Fsp3) is 0.909. The van der Waals surface area contributed by atoms with Crippen molar-refractivity contribution in [2.24, 2.45) is 0 Å². The summed E-state index contributed by atoms with van der Waals surface area (Å²) in [6.45, 7) is 7.35.